The maximum absolute atomic E-state index is 11.6. The molecule has 1 N–H and O–H groups in total. The average molecular weight is 233 g/mol. The molecule has 4 nitrogen and oxygen atoms in total. The highest BCUT2D eigenvalue weighted by molar-refractivity contribution is 7.90. The van der Waals surface area contributed by atoms with Crippen LogP contribution < -0.4 is 5.32 Å². The maximum Gasteiger partial charge on any atom is 0.471 e. The first-order valence-electron chi connectivity index (χ1n) is 3.65. The van der Waals surface area contributed by atoms with E-state index in [0.29, 0.717) is 0 Å². The number of carbonyl (C=O) groups excluding carboxylic acids is 1. The van der Waals surface area contributed by atoms with Gasteiger partial charge in [0.25, 0.3) is 0 Å². The van der Waals surface area contributed by atoms with Crippen molar-refractivity contribution >= 4 is 15.7 Å². The number of alkyl halides is 3. The van der Waals surface area contributed by atoms with Crippen molar-refractivity contribution in [2.75, 3.05) is 18.6 Å². The highest BCUT2D eigenvalue weighted by Crippen LogP contribution is 2.13. The molecule has 0 unspecified atom stereocenters. The molecule has 0 aliphatic carbocycles. The Labute approximate surface area is 79.4 Å². The highest BCUT2D eigenvalue weighted by Gasteiger charge is 2.38. The van der Waals surface area contributed by atoms with Crippen LogP contribution in [0.4, 0.5) is 13.2 Å². The second-order valence-electron chi connectivity index (χ2n) is 2.74. The van der Waals surface area contributed by atoms with Gasteiger partial charge in [-0.3, -0.25) is 4.79 Å². The summed E-state index contributed by atoms with van der Waals surface area (Å²) in [6.45, 7) is -0.300. The van der Waals surface area contributed by atoms with E-state index in [1.165, 1.54) is 0 Å². The second-order valence-corrected chi connectivity index (χ2v) is 5.00. The van der Waals surface area contributed by atoms with Gasteiger partial charge >= 0.3 is 12.1 Å². The van der Waals surface area contributed by atoms with Gasteiger partial charge in [-0.1, -0.05) is 0 Å². The van der Waals surface area contributed by atoms with E-state index in [0.717, 1.165) is 6.26 Å². The minimum atomic E-state index is -4.91. The fourth-order valence-corrected chi connectivity index (χ4v) is 1.31. The highest BCUT2D eigenvalue weighted by atomic mass is 32.2. The summed E-state index contributed by atoms with van der Waals surface area (Å²) < 4.78 is 55.8. The van der Waals surface area contributed by atoms with E-state index in [4.69, 9.17) is 0 Å². The van der Waals surface area contributed by atoms with Gasteiger partial charge in [0.05, 0.1) is 5.75 Å². The third-order valence-corrected chi connectivity index (χ3v) is 2.27. The van der Waals surface area contributed by atoms with Gasteiger partial charge in [0.2, 0.25) is 0 Å². The summed E-state index contributed by atoms with van der Waals surface area (Å²) in [5, 5.41) is 1.57. The van der Waals surface area contributed by atoms with E-state index in [-0.39, 0.29) is 18.7 Å². The Hall–Kier alpha value is -0.790. The lowest BCUT2D eigenvalue weighted by atomic mass is 10.4. The van der Waals surface area contributed by atoms with Crippen LogP contribution in [0, 0.1) is 0 Å². The molecule has 84 valence electrons. The number of carbonyl (C=O) groups is 1. The number of amides is 1. The molecule has 0 aliphatic heterocycles. The van der Waals surface area contributed by atoms with Gasteiger partial charge in [-0.15, -0.1) is 0 Å². The molecule has 0 bridgehead atoms. The SMILES string of the molecule is CS(=O)(=O)CCCNC(=O)C(F)(F)F. The van der Waals surface area contributed by atoms with Gasteiger partial charge in [-0.2, -0.15) is 13.2 Å². The Morgan fingerprint density at radius 1 is 1.36 bits per heavy atom. The first-order chi connectivity index (χ1) is 6.13. The zero-order valence-corrected chi connectivity index (χ0v) is 8.20. The van der Waals surface area contributed by atoms with Crippen molar-refractivity contribution in [1.82, 2.24) is 5.32 Å². The van der Waals surface area contributed by atoms with Crippen LogP contribution in [0.3, 0.4) is 0 Å². The van der Waals surface area contributed by atoms with Crippen molar-refractivity contribution in [1.29, 1.82) is 0 Å². The van der Waals surface area contributed by atoms with E-state index in [1.54, 1.807) is 5.32 Å². The molecule has 0 atom stereocenters. The number of rotatable bonds is 4. The molecule has 0 saturated carbocycles. The van der Waals surface area contributed by atoms with Crippen LogP contribution in [-0.4, -0.2) is 39.1 Å². The molecule has 0 spiro atoms. The third kappa shape index (κ3) is 6.70. The topological polar surface area (TPSA) is 63.2 Å². The van der Waals surface area contributed by atoms with Crippen LogP contribution in [0.25, 0.3) is 0 Å². The molecule has 0 saturated heterocycles. The molecule has 8 heteroatoms. The standard InChI is InChI=1S/C6H10F3NO3S/c1-14(12,13)4-2-3-10-5(11)6(7,8)9/h2-4H2,1H3,(H,10,11). The summed E-state index contributed by atoms with van der Waals surface area (Å²) in [7, 11) is -3.19. The quantitative estimate of drug-likeness (QED) is 0.700. The third-order valence-electron chi connectivity index (χ3n) is 1.23. The largest absolute Gasteiger partial charge is 0.471 e. The van der Waals surface area contributed by atoms with E-state index in [1.807, 2.05) is 0 Å². The van der Waals surface area contributed by atoms with Crippen molar-refractivity contribution in [2.24, 2.45) is 0 Å². The maximum atomic E-state index is 11.6. The summed E-state index contributed by atoms with van der Waals surface area (Å²) in [5.74, 6) is -2.29. The molecule has 1 amide bonds. The van der Waals surface area contributed by atoms with E-state index in [9.17, 15) is 26.4 Å². The van der Waals surface area contributed by atoms with Gasteiger partial charge in [0.15, 0.2) is 0 Å². The Kier molecular flexibility index (Phi) is 4.37. The summed E-state index contributed by atoms with van der Waals surface area (Å²) in [6, 6.07) is 0. The molecule has 0 heterocycles. The average Bonchev–Trinajstić information content (AvgIpc) is 1.93. The van der Waals surface area contributed by atoms with Gasteiger partial charge in [-0.25, -0.2) is 8.42 Å². The van der Waals surface area contributed by atoms with Crippen LogP contribution >= 0.6 is 0 Å². The first-order valence-corrected chi connectivity index (χ1v) is 5.72. The summed E-state index contributed by atoms with van der Waals surface area (Å²) in [5.41, 5.74) is 0. The Morgan fingerprint density at radius 3 is 2.21 bits per heavy atom. The predicted molar refractivity (Wildman–Crippen MR) is 43.4 cm³/mol. The lowest BCUT2D eigenvalue weighted by Gasteiger charge is -2.06. The monoisotopic (exact) mass is 233 g/mol. The Bertz CT molecular complexity index is 296. The predicted octanol–water partition coefficient (Wildman–Crippen LogP) is 0.0996. The van der Waals surface area contributed by atoms with Gasteiger partial charge in [0, 0.05) is 12.8 Å². The molecule has 0 fully saturated rings. The fraction of sp³-hybridized carbons (Fsp3) is 0.833. The van der Waals surface area contributed by atoms with E-state index < -0.39 is 21.9 Å². The number of hydrogen-bond acceptors (Lipinski definition) is 3. The zero-order chi connectivity index (χ0) is 11.4. The number of hydrogen-bond donors (Lipinski definition) is 1. The molecule has 0 aromatic rings. The smallest absolute Gasteiger partial charge is 0.348 e. The van der Waals surface area contributed by atoms with Crippen LogP contribution in [0.1, 0.15) is 6.42 Å². The van der Waals surface area contributed by atoms with Gasteiger partial charge < -0.3 is 5.32 Å². The molecular weight excluding hydrogens is 223 g/mol. The number of sulfone groups is 1. The number of halogens is 3. The van der Waals surface area contributed by atoms with Crippen molar-refractivity contribution in [3.63, 3.8) is 0 Å². The van der Waals surface area contributed by atoms with Gasteiger partial charge in [0.1, 0.15) is 9.84 Å². The van der Waals surface area contributed by atoms with Crippen LogP contribution in [0.5, 0.6) is 0 Å². The normalized spacial score (nSPS) is 12.6. The Morgan fingerprint density at radius 2 is 1.86 bits per heavy atom. The van der Waals surface area contributed by atoms with Gasteiger partial charge in [-0.05, 0) is 6.42 Å². The lowest BCUT2D eigenvalue weighted by molar-refractivity contribution is -0.173. The molecule has 0 aromatic heterocycles. The fourth-order valence-electron chi connectivity index (χ4n) is 0.636. The molecule has 0 aliphatic rings. The van der Waals surface area contributed by atoms with Crippen LogP contribution in [0.2, 0.25) is 0 Å². The summed E-state index contributed by atoms with van der Waals surface area (Å²) >= 11 is 0. The summed E-state index contributed by atoms with van der Waals surface area (Å²) in [4.78, 5) is 10.2. The van der Waals surface area contributed by atoms with Crippen molar-refractivity contribution in [3.8, 4) is 0 Å². The Balaban J connectivity index is 3.72. The molecule has 0 radical (unpaired) electrons. The van der Waals surface area contributed by atoms with Crippen molar-refractivity contribution < 1.29 is 26.4 Å². The molecular formula is C6H10F3NO3S. The number of nitrogens with one attached hydrogen (secondary N) is 1. The molecule has 14 heavy (non-hydrogen) atoms. The second kappa shape index (κ2) is 4.63. The van der Waals surface area contributed by atoms with Crippen LogP contribution in [0.15, 0.2) is 0 Å². The summed E-state index contributed by atoms with van der Waals surface area (Å²) in [6.07, 6.45) is -3.97. The van der Waals surface area contributed by atoms with Crippen LogP contribution in [-0.2, 0) is 14.6 Å². The zero-order valence-electron chi connectivity index (χ0n) is 7.39. The van der Waals surface area contributed by atoms with Crippen molar-refractivity contribution in [2.45, 2.75) is 12.6 Å². The van der Waals surface area contributed by atoms with E-state index >= 15 is 0 Å². The molecule has 0 aromatic carbocycles. The minimum Gasteiger partial charge on any atom is -0.348 e. The molecule has 0 rings (SSSR count). The van der Waals surface area contributed by atoms with Crippen molar-refractivity contribution in [3.05, 3.63) is 0 Å². The minimum absolute atomic E-state index is 0.0271. The van der Waals surface area contributed by atoms with E-state index in [2.05, 4.69) is 0 Å². The first kappa shape index (κ1) is 13.2. The lowest BCUT2D eigenvalue weighted by Crippen LogP contribution is -2.37.